The molecule has 1 saturated carbocycles. The van der Waals surface area contributed by atoms with Crippen molar-refractivity contribution in [2.75, 3.05) is 42.0 Å². The summed E-state index contributed by atoms with van der Waals surface area (Å²) in [4.78, 5) is 29.1. The van der Waals surface area contributed by atoms with Crippen LogP contribution in [0.2, 0.25) is 0 Å². The van der Waals surface area contributed by atoms with E-state index >= 15 is 0 Å². The van der Waals surface area contributed by atoms with Gasteiger partial charge in [-0.3, -0.25) is 9.59 Å². The lowest BCUT2D eigenvalue weighted by Gasteiger charge is -2.26. The first kappa shape index (κ1) is 31.4. The van der Waals surface area contributed by atoms with Crippen molar-refractivity contribution in [3.05, 3.63) is 120 Å². The van der Waals surface area contributed by atoms with Gasteiger partial charge in [-0.25, -0.2) is 0 Å². The number of hydrogen-bond acceptors (Lipinski definition) is 8. The molecule has 0 bridgehead atoms. The standard InChI is InChI=1S/C35H34N2O5S2/c1-43-19-17-36(23-9-5-3-6-10-23)25-13-15-27(29(38)21-25)31-33(40)32(35(42)34(31)41)28-16-14-26(22-30(28)39)37(18-20-44-2)24-11-7-4-8-12-24/h3-16,21-22,31,34,38,41H,17-20H2,1-2H3/p+1. The number of phenols is 1. The molecule has 2 atom stereocenters. The minimum atomic E-state index is -1.68. The summed E-state index contributed by atoms with van der Waals surface area (Å²) in [5, 5.41) is 33.2. The summed E-state index contributed by atoms with van der Waals surface area (Å²) in [6.07, 6.45) is 7.21. The zero-order valence-corrected chi connectivity index (χ0v) is 26.2. The smallest absolute Gasteiger partial charge is 0.209 e. The Morgan fingerprint density at radius 3 is 2.14 bits per heavy atom. The molecule has 2 aliphatic rings. The van der Waals surface area contributed by atoms with Crippen molar-refractivity contribution in [3.8, 4) is 5.75 Å². The number of aliphatic hydroxyl groups excluding tert-OH is 2. The highest BCUT2D eigenvalue weighted by Gasteiger charge is 2.48. The fraction of sp³-hybridized carbons (Fsp3) is 0.229. The first-order valence-electron chi connectivity index (χ1n) is 14.3. The predicted molar refractivity (Wildman–Crippen MR) is 180 cm³/mol. The lowest BCUT2D eigenvalue weighted by molar-refractivity contribution is -0.433. The fourth-order valence-corrected chi connectivity index (χ4v) is 6.28. The molecule has 0 amide bonds. The molecule has 0 saturated heterocycles. The van der Waals surface area contributed by atoms with Gasteiger partial charge in [0.2, 0.25) is 11.4 Å². The average molecular weight is 628 g/mol. The Morgan fingerprint density at radius 1 is 0.818 bits per heavy atom. The number of aromatic hydroxyl groups is 1. The summed E-state index contributed by atoms with van der Waals surface area (Å²) in [5.74, 6) is -1.42. The molecule has 226 valence electrons. The van der Waals surface area contributed by atoms with E-state index in [1.165, 1.54) is 6.08 Å². The number of aliphatic hydroxyl groups is 2. The Bertz CT molecular complexity index is 1660. The van der Waals surface area contributed by atoms with E-state index in [2.05, 4.69) is 9.48 Å². The van der Waals surface area contributed by atoms with Gasteiger partial charge in [0.25, 0.3) is 0 Å². The van der Waals surface area contributed by atoms with Crippen LogP contribution in [0.1, 0.15) is 11.5 Å². The molecule has 3 aromatic rings. The van der Waals surface area contributed by atoms with Crippen LogP contribution >= 0.6 is 23.5 Å². The fourth-order valence-electron chi connectivity index (χ4n) is 5.55. The van der Waals surface area contributed by atoms with Gasteiger partial charge in [0.1, 0.15) is 17.6 Å². The van der Waals surface area contributed by atoms with Crippen molar-refractivity contribution < 1.29 is 29.5 Å². The molecule has 7 nitrogen and oxygen atoms in total. The van der Waals surface area contributed by atoms with Crippen LogP contribution in [0.5, 0.6) is 5.75 Å². The maximum atomic E-state index is 13.7. The van der Waals surface area contributed by atoms with Crippen LogP contribution in [-0.4, -0.2) is 80.4 Å². The van der Waals surface area contributed by atoms with Crippen LogP contribution in [0, 0.1) is 0 Å². The second kappa shape index (κ2) is 14.2. The third-order valence-corrected chi connectivity index (χ3v) is 8.94. The van der Waals surface area contributed by atoms with Gasteiger partial charge in [0.05, 0.1) is 23.3 Å². The van der Waals surface area contributed by atoms with Gasteiger partial charge in [-0.1, -0.05) is 42.5 Å². The van der Waals surface area contributed by atoms with Gasteiger partial charge in [0, 0.05) is 59.1 Å². The van der Waals surface area contributed by atoms with Gasteiger partial charge in [-0.15, -0.1) is 0 Å². The van der Waals surface area contributed by atoms with E-state index < -0.39 is 23.6 Å². The molecule has 44 heavy (non-hydrogen) atoms. The number of Topliss-reactive ketones (excluding diaryl/α,β-unsaturated/α-hetero) is 2. The number of rotatable bonds is 10. The van der Waals surface area contributed by atoms with Gasteiger partial charge in [-0.2, -0.15) is 28.1 Å². The highest BCUT2D eigenvalue weighted by atomic mass is 32.2. The quantitative estimate of drug-likeness (QED) is 0.144. The van der Waals surface area contributed by atoms with Crippen molar-refractivity contribution in [2.24, 2.45) is 0 Å². The third kappa shape index (κ3) is 6.40. The zero-order chi connectivity index (χ0) is 31.2. The van der Waals surface area contributed by atoms with Crippen LogP contribution < -0.4 is 4.90 Å². The average Bonchev–Trinajstić information content (AvgIpc) is 3.25. The summed E-state index contributed by atoms with van der Waals surface area (Å²) in [6, 6.07) is 24.5. The van der Waals surface area contributed by atoms with Crippen molar-refractivity contribution in [3.63, 3.8) is 0 Å². The lowest BCUT2D eigenvalue weighted by Crippen LogP contribution is -2.22. The maximum Gasteiger partial charge on any atom is 0.209 e. The van der Waals surface area contributed by atoms with Crippen molar-refractivity contribution >= 4 is 57.9 Å². The summed E-state index contributed by atoms with van der Waals surface area (Å²) in [7, 11) is 0. The minimum Gasteiger partial charge on any atom is -0.508 e. The van der Waals surface area contributed by atoms with Crippen molar-refractivity contribution in [1.82, 2.24) is 0 Å². The zero-order valence-electron chi connectivity index (χ0n) is 24.6. The van der Waals surface area contributed by atoms with E-state index in [1.807, 2.05) is 73.2 Å². The van der Waals surface area contributed by atoms with E-state index in [0.29, 0.717) is 18.8 Å². The first-order chi connectivity index (χ1) is 21.3. The molecule has 0 radical (unpaired) electrons. The van der Waals surface area contributed by atoms with Crippen molar-refractivity contribution in [1.29, 1.82) is 0 Å². The van der Waals surface area contributed by atoms with E-state index in [-0.39, 0.29) is 28.2 Å². The second-order valence-corrected chi connectivity index (χ2v) is 12.4. The molecule has 3 N–H and O–H groups in total. The van der Waals surface area contributed by atoms with E-state index in [1.54, 1.807) is 53.9 Å². The molecule has 5 rings (SSSR count). The number of para-hydroxylation sites is 2. The number of anilines is 2. The van der Waals surface area contributed by atoms with Crippen molar-refractivity contribution in [2.45, 2.75) is 12.0 Å². The molecule has 0 aromatic heterocycles. The van der Waals surface area contributed by atoms with Gasteiger partial charge >= 0.3 is 0 Å². The Labute approximate surface area is 265 Å². The molecule has 0 aliphatic heterocycles. The van der Waals surface area contributed by atoms with Crippen LogP contribution in [0.25, 0.3) is 0 Å². The minimum absolute atomic E-state index is 0.0617. The van der Waals surface area contributed by atoms with Crippen LogP contribution in [0.4, 0.5) is 17.1 Å². The normalized spacial score (nSPS) is 21.0. The Balaban J connectivity index is 1.48. The molecule has 1 fully saturated rings. The Kier molecular flexibility index (Phi) is 10.1. The SMILES string of the molecule is CSCCN(c1ccccc1)c1ccc(C2C(=O)C(=C3C=CC(=[N+](CCSC)c4ccccc4)C=C3O)C(=O)C2O)c(O)c1. The largest absolute Gasteiger partial charge is 0.508 e. The topological polar surface area (TPSA) is 101 Å². The first-order valence-corrected chi connectivity index (χ1v) is 17.1. The number of hydrogen-bond donors (Lipinski definition) is 3. The molecule has 2 aliphatic carbocycles. The number of nitrogens with zero attached hydrogens (tertiary/aromatic N) is 2. The number of carbonyl (C=O) groups is 2. The second-order valence-electron chi connectivity index (χ2n) is 10.4. The Hall–Kier alpha value is -4.05. The van der Waals surface area contributed by atoms with Gasteiger partial charge in [-0.05, 0) is 36.8 Å². The molecule has 3 aromatic carbocycles. The highest BCUT2D eigenvalue weighted by molar-refractivity contribution is 7.98. The highest BCUT2D eigenvalue weighted by Crippen LogP contribution is 2.41. The molecular weight excluding hydrogens is 593 g/mol. The van der Waals surface area contributed by atoms with E-state index in [4.69, 9.17) is 0 Å². The Morgan fingerprint density at radius 2 is 1.50 bits per heavy atom. The maximum absolute atomic E-state index is 13.7. The van der Waals surface area contributed by atoms with Crippen LogP contribution in [-0.2, 0) is 9.59 Å². The van der Waals surface area contributed by atoms with E-state index in [9.17, 15) is 24.9 Å². The van der Waals surface area contributed by atoms with Gasteiger partial charge in [0.15, 0.2) is 18.1 Å². The molecule has 0 heterocycles. The van der Waals surface area contributed by atoms with E-state index in [0.717, 1.165) is 28.6 Å². The number of thioether (sulfide) groups is 2. The molecule has 9 heteroatoms. The number of phenolic OH excluding ortho intramolecular Hbond substituents is 1. The number of carbonyl (C=O) groups excluding carboxylic acids is 2. The summed E-state index contributed by atoms with van der Waals surface area (Å²) in [6.45, 7) is 1.38. The summed E-state index contributed by atoms with van der Waals surface area (Å²) in [5.41, 5.74) is 3.29. The lowest BCUT2D eigenvalue weighted by atomic mass is 9.92. The monoisotopic (exact) mass is 627 g/mol. The number of allylic oxidation sites excluding steroid dienone is 3. The number of ketones is 2. The number of benzene rings is 3. The van der Waals surface area contributed by atoms with Gasteiger partial charge < -0.3 is 20.2 Å². The third-order valence-electron chi connectivity index (χ3n) is 7.76. The predicted octanol–water partition coefficient (Wildman–Crippen LogP) is 5.95. The van der Waals surface area contributed by atoms with Crippen LogP contribution in [0.15, 0.2) is 114 Å². The summed E-state index contributed by atoms with van der Waals surface area (Å²) >= 11 is 3.41. The molecule has 2 unspecified atom stereocenters. The summed E-state index contributed by atoms with van der Waals surface area (Å²) < 4.78 is 2.05. The molecular formula is C35H35N2O5S2+. The molecule has 0 spiro atoms. The van der Waals surface area contributed by atoms with Crippen LogP contribution in [0.3, 0.4) is 0 Å².